The van der Waals surface area contributed by atoms with Crippen LogP contribution in [0.15, 0.2) is 255 Å². The minimum atomic E-state index is -0.152. The van der Waals surface area contributed by atoms with E-state index in [9.17, 15) is 0 Å². The van der Waals surface area contributed by atoms with Crippen molar-refractivity contribution in [3.63, 3.8) is 0 Å². The monoisotopic (exact) mass is 880 g/mol. The van der Waals surface area contributed by atoms with Gasteiger partial charge in [0.25, 0.3) is 0 Å². The lowest BCUT2D eigenvalue weighted by Crippen LogP contribution is -2.16. The normalized spacial score (nSPS) is 12.6. The van der Waals surface area contributed by atoms with E-state index in [1.165, 1.54) is 88.2 Å². The maximum atomic E-state index is 2.47. The molecule has 0 amide bonds. The van der Waals surface area contributed by atoms with E-state index in [0.29, 0.717) is 0 Å². The van der Waals surface area contributed by atoms with Gasteiger partial charge in [-0.05, 0) is 115 Å². The fraction of sp³-hybridized carbons (Fsp3) is 0.0448. The molecule has 1 heterocycles. The Bertz CT molecular complexity index is 3910. The zero-order valence-electron chi connectivity index (χ0n) is 38.6. The Morgan fingerprint density at radius 3 is 1.75 bits per heavy atom. The van der Waals surface area contributed by atoms with Crippen LogP contribution < -0.4 is 4.90 Å². The van der Waals surface area contributed by atoms with Crippen LogP contribution >= 0.6 is 0 Å². The first-order chi connectivity index (χ1) is 34.0. The summed E-state index contributed by atoms with van der Waals surface area (Å²) in [7, 11) is 0. The van der Waals surface area contributed by atoms with Crippen molar-refractivity contribution in [2.75, 3.05) is 4.90 Å². The fourth-order valence-electron chi connectivity index (χ4n) is 11.5. The summed E-state index contributed by atoms with van der Waals surface area (Å²) in [6, 6.07) is 93.6. The molecule has 0 N–H and O–H groups in total. The highest BCUT2D eigenvalue weighted by Crippen LogP contribution is 2.53. The molecule has 13 rings (SSSR count). The molecular formula is C67H48N2. The lowest BCUT2D eigenvalue weighted by atomic mass is 9.79. The lowest BCUT2D eigenvalue weighted by molar-refractivity contribution is 0.662. The van der Waals surface area contributed by atoms with Gasteiger partial charge in [-0.15, -0.1) is 0 Å². The van der Waals surface area contributed by atoms with E-state index in [4.69, 9.17) is 0 Å². The predicted octanol–water partition coefficient (Wildman–Crippen LogP) is 18.4. The number of para-hydroxylation sites is 4. The van der Waals surface area contributed by atoms with Crippen LogP contribution in [0.2, 0.25) is 0 Å². The number of rotatable bonds is 8. The molecule has 2 heteroatoms. The second kappa shape index (κ2) is 16.3. The largest absolute Gasteiger partial charge is 0.310 e. The Morgan fingerprint density at radius 1 is 0.362 bits per heavy atom. The average Bonchev–Trinajstić information content (AvgIpc) is 3.88. The van der Waals surface area contributed by atoms with E-state index in [1.54, 1.807) is 0 Å². The number of aromatic nitrogens is 1. The van der Waals surface area contributed by atoms with E-state index >= 15 is 0 Å². The van der Waals surface area contributed by atoms with Gasteiger partial charge >= 0.3 is 0 Å². The molecule has 1 aliphatic carbocycles. The minimum absolute atomic E-state index is 0.152. The van der Waals surface area contributed by atoms with Crippen LogP contribution in [0.4, 0.5) is 17.1 Å². The number of anilines is 3. The predicted molar refractivity (Wildman–Crippen MR) is 292 cm³/mol. The van der Waals surface area contributed by atoms with Crippen molar-refractivity contribution in [3.8, 4) is 61.3 Å². The van der Waals surface area contributed by atoms with E-state index in [1.807, 2.05) is 0 Å². The van der Waals surface area contributed by atoms with Crippen LogP contribution in [0.25, 0.3) is 93.9 Å². The van der Waals surface area contributed by atoms with Gasteiger partial charge < -0.3 is 9.47 Å². The van der Waals surface area contributed by atoms with Crippen molar-refractivity contribution in [3.05, 3.63) is 266 Å². The third-order valence-electron chi connectivity index (χ3n) is 14.6. The molecular weight excluding hydrogens is 833 g/mol. The summed E-state index contributed by atoms with van der Waals surface area (Å²) in [4.78, 5) is 2.47. The van der Waals surface area contributed by atoms with Gasteiger partial charge in [0.15, 0.2) is 0 Å². The maximum absolute atomic E-state index is 2.47. The van der Waals surface area contributed by atoms with Gasteiger partial charge in [0, 0.05) is 44.4 Å². The molecule has 0 fully saturated rings. The van der Waals surface area contributed by atoms with Crippen LogP contribution in [0, 0.1) is 0 Å². The zero-order chi connectivity index (χ0) is 46.1. The van der Waals surface area contributed by atoms with E-state index in [0.717, 1.165) is 33.9 Å². The smallest absolute Gasteiger partial charge is 0.0619 e. The van der Waals surface area contributed by atoms with Crippen molar-refractivity contribution < 1.29 is 0 Å². The van der Waals surface area contributed by atoms with E-state index in [2.05, 4.69) is 278 Å². The summed E-state index contributed by atoms with van der Waals surface area (Å²) in [5.74, 6) is 0. The summed E-state index contributed by atoms with van der Waals surface area (Å²) >= 11 is 0. The highest BCUT2D eigenvalue weighted by atomic mass is 15.1. The highest BCUT2D eigenvalue weighted by Gasteiger charge is 2.37. The minimum Gasteiger partial charge on any atom is -0.310 e. The number of hydrogen-bond acceptors (Lipinski definition) is 1. The van der Waals surface area contributed by atoms with Gasteiger partial charge in [-0.1, -0.05) is 220 Å². The third kappa shape index (κ3) is 6.55. The van der Waals surface area contributed by atoms with Crippen LogP contribution in [0.5, 0.6) is 0 Å². The van der Waals surface area contributed by atoms with Gasteiger partial charge in [-0.25, -0.2) is 0 Å². The Hall–Kier alpha value is -8.72. The molecule has 0 saturated heterocycles. The first-order valence-electron chi connectivity index (χ1n) is 24.0. The molecule has 0 aliphatic heterocycles. The molecule has 11 aromatic carbocycles. The van der Waals surface area contributed by atoms with Crippen LogP contribution in [0.1, 0.15) is 25.0 Å². The Balaban J connectivity index is 1.02. The number of nitrogens with zero attached hydrogens (tertiary/aromatic N) is 2. The Labute approximate surface area is 403 Å². The molecule has 0 radical (unpaired) electrons. The molecule has 0 unspecified atom stereocenters. The summed E-state index contributed by atoms with van der Waals surface area (Å²) in [6.45, 7) is 4.76. The second-order valence-electron chi connectivity index (χ2n) is 18.8. The van der Waals surface area contributed by atoms with Gasteiger partial charge in [-0.3, -0.25) is 0 Å². The quantitative estimate of drug-likeness (QED) is 0.148. The summed E-state index contributed by atoms with van der Waals surface area (Å²) < 4.78 is 2.43. The van der Waals surface area contributed by atoms with E-state index in [-0.39, 0.29) is 5.41 Å². The van der Waals surface area contributed by atoms with Crippen LogP contribution in [-0.2, 0) is 5.41 Å². The van der Waals surface area contributed by atoms with Crippen LogP contribution in [-0.4, -0.2) is 4.57 Å². The SMILES string of the molecule is CC1(C)c2ccccc2-c2cccc(-c3cccc(N(c4ccc(-c5cccc6c7ccccc7n(-c7ccccc7)c56)cc4)c4ccccc4-c4cccc5cccc(-c6ccccc6)c45)c3)c21. The Kier molecular flexibility index (Phi) is 9.55. The van der Waals surface area contributed by atoms with Gasteiger partial charge in [0.2, 0.25) is 0 Å². The molecule has 0 spiro atoms. The second-order valence-corrected chi connectivity index (χ2v) is 18.8. The van der Waals surface area contributed by atoms with Crippen molar-refractivity contribution in [1.29, 1.82) is 0 Å². The number of benzene rings is 11. The molecule has 1 aliphatic rings. The average molecular weight is 881 g/mol. The number of hydrogen-bond donors (Lipinski definition) is 0. The maximum Gasteiger partial charge on any atom is 0.0619 e. The lowest BCUT2D eigenvalue weighted by Gasteiger charge is -2.29. The molecule has 1 aromatic heterocycles. The van der Waals surface area contributed by atoms with Crippen molar-refractivity contribution >= 4 is 49.6 Å². The standard InChI is InChI=1S/C67H48N2/c1-67(2)61-37-12-9-28-55(61)59-35-18-32-53(65(59)67)48-24-15-27-51(44-48)68(62-38-13-10-29-56(62)58-34-17-23-47-22-16-31-52(64(47)58)45-20-5-3-6-21-45)50-42-40-46(41-43-50)54-33-19-36-60-57-30-11-14-39-63(57)69(66(54)60)49-25-7-4-8-26-49/h3-44H,1-2H3. The summed E-state index contributed by atoms with van der Waals surface area (Å²) in [6.07, 6.45) is 0. The van der Waals surface area contributed by atoms with Crippen molar-refractivity contribution in [2.45, 2.75) is 19.3 Å². The first kappa shape index (κ1) is 40.5. The molecule has 12 aromatic rings. The fourth-order valence-corrected chi connectivity index (χ4v) is 11.5. The molecule has 69 heavy (non-hydrogen) atoms. The third-order valence-corrected chi connectivity index (χ3v) is 14.6. The first-order valence-corrected chi connectivity index (χ1v) is 24.0. The van der Waals surface area contributed by atoms with Crippen LogP contribution in [0.3, 0.4) is 0 Å². The molecule has 0 atom stereocenters. The van der Waals surface area contributed by atoms with Crippen molar-refractivity contribution in [2.24, 2.45) is 0 Å². The van der Waals surface area contributed by atoms with E-state index < -0.39 is 0 Å². The highest BCUT2D eigenvalue weighted by molar-refractivity contribution is 6.14. The van der Waals surface area contributed by atoms with Gasteiger partial charge in [0.1, 0.15) is 0 Å². The summed E-state index contributed by atoms with van der Waals surface area (Å²) in [5, 5.41) is 4.95. The molecule has 326 valence electrons. The topological polar surface area (TPSA) is 8.17 Å². The Morgan fingerprint density at radius 2 is 0.928 bits per heavy atom. The molecule has 0 bridgehead atoms. The zero-order valence-corrected chi connectivity index (χ0v) is 38.6. The number of fused-ring (bicyclic) bond motifs is 7. The van der Waals surface area contributed by atoms with Gasteiger partial charge in [-0.2, -0.15) is 0 Å². The van der Waals surface area contributed by atoms with Gasteiger partial charge in [0.05, 0.1) is 16.7 Å². The molecule has 0 saturated carbocycles. The molecule has 2 nitrogen and oxygen atoms in total. The summed E-state index contributed by atoms with van der Waals surface area (Å²) in [5.41, 5.74) is 21.7. The van der Waals surface area contributed by atoms with Crippen molar-refractivity contribution in [1.82, 2.24) is 4.57 Å².